The molecule has 2 aromatic carbocycles. The van der Waals surface area contributed by atoms with Crippen LogP contribution in [0.15, 0.2) is 52.3 Å². The summed E-state index contributed by atoms with van der Waals surface area (Å²) in [6, 6.07) is 10.4. The summed E-state index contributed by atoms with van der Waals surface area (Å²) in [5.41, 5.74) is 1.18. The van der Waals surface area contributed by atoms with E-state index in [1.54, 1.807) is 12.1 Å². The maximum absolute atomic E-state index is 13.3. The normalized spacial score (nSPS) is 17.9. The molecule has 0 aromatic heterocycles. The lowest BCUT2D eigenvalue weighted by Crippen LogP contribution is -2.36. The molecule has 8 nitrogen and oxygen atoms in total. The highest BCUT2D eigenvalue weighted by molar-refractivity contribution is 7.91. The van der Waals surface area contributed by atoms with E-state index in [4.69, 9.17) is 5.14 Å². The van der Waals surface area contributed by atoms with Crippen molar-refractivity contribution in [2.45, 2.75) is 56.2 Å². The number of sulfone groups is 1. The molecule has 1 spiro atoms. The van der Waals surface area contributed by atoms with Gasteiger partial charge in [-0.3, -0.25) is 4.79 Å². The van der Waals surface area contributed by atoms with Gasteiger partial charge in [0.25, 0.3) is 5.91 Å². The van der Waals surface area contributed by atoms with E-state index in [0.717, 1.165) is 25.9 Å². The van der Waals surface area contributed by atoms with Crippen LogP contribution < -0.4 is 15.4 Å². The molecule has 190 valence electrons. The Morgan fingerprint density at radius 1 is 0.971 bits per heavy atom. The van der Waals surface area contributed by atoms with E-state index in [1.807, 2.05) is 25.7 Å². The first kappa shape index (κ1) is 25.7. The summed E-state index contributed by atoms with van der Waals surface area (Å²) in [6.07, 6.45) is 4.45. The van der Waals surface area contributed by atoms with Gasteiger partial charge in [-0.1, -0.05) is 26.8 Å². The van der Waals surface area contributed by atoms with Gasteiger partial charge in [0.1, 0.15) is 0 Å². The van der Waals surface area contributed by atoms with Gasteiger partial charge in [-0.15, -0.1) is 0 Å². The molecular weight excluding hydrogens is 486 g/mol. The summed E-state index contributed by atoms with van der Waals surface area (Å²) in [6.45, 7) is 7.03. The number of nitrogens with zero attached hydrogens (tertiary/aromatic N) is 1. The summed E-state index contributed by atoms with van der Waals surface area (Å²) < 4.78 is 49.6. The van der Waals surface area contributed by atoms with Crippen molar-refractivity contribution < 1.29 is 21.6 Å². The molecule has 1 amide bonds. The number of piperidine rings is 1. The lowest BCUT2D eigenvalue weighted by molar-refractivity contribution is 0.102. The molecule has 1 aliphatic carbocycles. The molecule has 0 unspecified atom stereocenters. The summed E-state index contributed by atoms with van der Waals surface area (Å²) in [5, 5.41) is 8.14. The number of hydrogen-bond acceptors (Lipinski definition) is 6. The highest BCUT2D eigenvalue weighted by Gasteiger charge is 2.44. The van der Waals surface area contributed by atoms with E-state index in [0.29, 0.717) is 22.4 Å². The number of nitrogens with two attached hydrogens (primary N) is 1. The molecule has 1 aliphatic heterocycles. The zero-order chi connectivity index (χ0) is 25.6. The minimum absolute atomic E-state index is 0.0208. The monoisotopic (exact) mass is 519 g/mol. The first-order chi connectivity index (χ1) is 16.2. The van der Waals surface area contributed by atoms with Crippen LogP contribution in [-0.2, 0) is 19.9 Å². The average Bonchev–Trinajstić information content (AvgIpc) is 3.50. The topological polar surface area (TPSA) is 127 Å². The standard InChI is InChI=1S/C25H33N3O5S2/c1-24(2,3)17-34(30,31)19-6-4-5-18(15-19)27-23(29)21-8-7-20(35(26,32)33)16-22(21)28-13-11-25(9-10-25)12-14-28/h4-8,15-16H,9-14,17H2,1-3H3,(H,27,29)(H2,26,32,33). The first-order valence-corrected chi connectivity index (χ1v) is 14.9. The molecule has 4 rings (SSSR count). The summed E-state index contributed by atoms with van der Waals surface area (Å²) in [4.78, 5) is 15.4. The molecule has 1 heterocycles. The van der Waals surface area contributed by atoms with Crippen molar-refractivity contribution in [3.8, 4) is 0 Å². The van der Waals surface area contributed by atoms with E-state index >= 15 is 0 Å². The maximum atomic E-state index is 13.3. The molecule has 35 heavy (non-hydrogen) atoms. The number of amides is 1. The highest BCUT2D eigenvalue weighted by atomic mass is 32.2. The Bertz CT molecular complexity index is 1350. The largest absolute Gasteiger partial charge is 0.371 e. The number of anilines is 2. The van der Waals surface area contributed by atoms with Gasteiger partial charge in [-0.2, -0.15) is 0 Å². The van der Waals surface area contributed by atoms with Gasteiger partial charge in [0.2, 0.25) is 10.0 Å². The second-order valence-corrected chi connectivity index (χ2v) is 14.6. The fraction of sp³-hybridized carbons (Fsp3) is 0.480. The molecule has 2 aliphatic rings. The third-order valence-corrected chi connectivity index (χ3v) is 9.87. The lowest BCUT2D eigenvalue weighted by Gasteiger charge is -2.35. The van der Waals surface area contributed by atoms with Gasteiger partial charge in [-0.25, -0.2) is 22.0 Å². The molecule has 10 heteroatoms. The van der Waals surface area contributed by atoms with Crippen molar-refractivity contribution in [3.05, 3.63) is 48.0 Å². The van der Waals surface area contributed by atoms with Crippen LogP contribution in [0.4, 0.5) is 11.4 Å². The number of benzene rings is 2. The Hall–Kier alpha value is -2.43. The molecule has 1 saturated heterocycles. The molecule has 2 fully saturated rings. The Labute approximate surface area is 207 Å². The van der Waals surface area contributed by atoms with Gasteiger partial charge in [-0.05, 0) is 72.9 Å². The van der Waals surface area contributed by atoms with Crippen LogP contribution >= 0.6 is 0 Å². The van der Waals surface area contributed by atoms with E-state index in [1.165, 1.54) is 43.2 Å². The second kappa shape index (κ2) is 8.90. The van der Waals surface area contributed by atoms with Crippen molar-refractivity contribution in [3.63, 3.8) is 0 Å². The Morgan fingerprint density at radius 3 is 2.20 bits per heavy atom. The SMILES string of the molecule is CC(C)(C)CS(=O)(=O)c1cccc(NC(=O)c2ccc(S(N)(=O)=O)cc2N2CCC3(CC2)CC3)c1. The zero-order valence-electron chi connectivity index (χ0n) is 20.4. The van der Waals surface area contributed by atoms with Crippen LogP contribution in [0, 0.1) is 10.8 Å². The molecule has 0 bridgehead atoms. The Morgan fingerprint density at radius 2 is 1.63 bits per heavy atom. The second-order valence-electron chi connectivity index (χ2n) is 11.0. The number of hydrogen-bond donors (Lipinski definition) is 2. The molecule has 0 atom stereocenters. The lowest BCUT2D eigenvalue weighted by atomic mass is 9.93. The molecular formula is C25H33N3O5S2. The maximum Gasteiger partial charge on any atom is 0.257 e. The predicted molar refractivity (Wildman–Crippen MR) is 137 cm³/mol. The summed E-state index contributed by atoms with van der Waals surface area (Å²) in [7, 11) is -7.47. The van der Waals surface area contributed by atoms with E-state index < -0.39 is 31.2 Å². The average molecular weight is 520 g/mol. The molecule has 0 radical (unpaired) electrons. The number of primary sulfonamides is 1. The smallest absolute Gasteiger partial charge is 0.257 e. The van der Waals surface area contributed by atoms with Crippen molar-refractivity contribution in [1.82, 2.24) is 0 Å². The summed E-state index contributed by atoms with van der Waals surface area (Å²) in [5.74, 6) is -0.467. The minimum atomic E-state index is -3.94. The van der Waals surface area contributed by atoms with E-state index in [9.17, 15) is 21.6 Å². The van der Waals surface area contributed by atoms with Crippen molar-refractivity contribution in [2.75, 3.05) is 29.1 Å². The first-order valence-electron chi connectivity index (χ1n) is 11.7. The van der Waals surface area contributed by atoms with Crippen molar-refractivity contribution >= 4 is 37.1 Å². The molecule has 1 saturated carbocycles. The van der Waals surface area contributed by atoms with Crippen LogP contribution in [0.1, 0.15) is 56.8 Å². The fourth-order valence-electron chi connectivity index (χ4n) is 4.66. The van der Waals surface area contributed by atoms with Crippen LogP contribution in [0.3, 0.4) is 0 Å². The highest BCUT2D eigenvalue weighted by Crippen LogP contribution is 2.54. The fourth-order valence-corrected chi connectivity index (χ4v) is 7.09. The number of sulfonamides is 1. The number of rotatable bonds is 6. The van der Waals surface area contributed by atoms with E-state index in [-0.39, 0.29) is 15.5 Å². The van der Waals surface area contributed by atoms with Crippen LogP contribution in [0.5, 0.6) is 0 Å². The van der Waals surface area contributed by atoms with Crippen LogP contribution in [0.25, 0.3) is 0 Å². The number of nitrogens with one attached hydrogen (secondary N) is 1. The quantitative estimate of drug-likeness (QED) is 0.598. The van der Waals surface area contributed by atoms with Crippen LogP contribution in [0.2, 0.25) is 0 Å². The zero-order valence-corrected chi connectivity index (χ0v) is 22.0. The van der Waals surface area contributed by atoms with Gasteiger partial charge < -0.3 is 10.2 Å². The third-order valence-electron chi connectivity index (χ3n) is 6.74. The van der Waals surface area contributed by atoms with Gasteiger partial charge in [0.15, 0.2) is 9.84 Å². The third kappa shape index (κ3) is 6.05. The van der Waals surface area contributed by atoms with Crippen molar-refractivity contribution in [2.24, 2.45) is 16.0 Å². The Balaban J connectivity index is 1.62. The predicted octanol–water partition coefficient (Wildman–Crippen LogP) is 3.79. The summed E-state index contributed by atoms with van der Waals surface area (Å²) >= 11 is 0. The molecule has 2 aromatic rings. The van der Waals surface area contributed by atoms with Gasteiger partial charge in [0.05, 0.1) is 26.8 Å². The van der Waals surface area contributed by atoms with Gasteiger partial charge >= 0.3 is 0 Å². The Kier molecular flexibility index (Phi) is 6.53. The van der Waals surface area contributed by atoms with Crippen LogP contribution in [-0.4, -0.2) is 41.6 Å². The minimum Gasteiger partial charge on any atom is -0.371 e. The van der Waals surface area contributed by atoms with E-state index in [2.05, 4.69) is 5.32 Å². The van der Waals surface area contributed by atoms with Gasteiger partial charge in [0, 0.05) is 18.8 Å². The number of carbonyl (C=O) groups is 1. The molecule has 3 N–H and O–H groups in total. The number of carbonyl (C=O) groups excluding carboxylic acids is 1. The van der Waals surface area contributed by atoms with Crippen molar-refractivity contribution in [1.29, 1.82) is 0 Å².